The second-order valence-corrected chi connectivity index (χ2v) is 5.21. The number of carbonyl (C=O) groups is 1. The van der Waals surface area contributed by atoms with Gasteiger partial charge in [0.15, 0.2) is 5.82 Å². The zero-order valence-corrected chi connectivity index (χ0v) is 12.3. The molecule has 5 nitrogen and oxygen atoms in total. The molecule has 0 unspecified atom stereocenters. The van der Waals surface area contributed by atoms with Crippen LogP contribution in [-0.2, 0) is 11.2 Å². The third-order valence-corrected chi connectivity index (χ3v) is 3.03. The average Bonchev–Trinajstić information content (AvgIpc) is 2.89. The lowest BCUT2D eigenvalue weighted by molar-refractivity contribution is -0.116. The van der Waals surface area contributed by atoms with Crippen molar-refractivity contribution in [3.05, 3.63) is 41.3 Å². The van der Waals surface area contributed by atoms with E-state index in [0.717, 1.165) is 0 Å². The number of aromatic nitrogens is 2. The van der Waals surface area contributed by atoms with Crippen molar-refractivity contribution in [2.45, 2.75) is 39.5 Å². The molecule has 0 radical (unpaired) electrons. The summed E-state index contributed by atoms with van der Waals surface area (Å²) in [6.45, 7) is 5.68. The highest BCUT2D eigenvalue weighted by molar-refractivity contribution is 5.91. The van der Waals surface area contributed by atoms with Gasteiger partial charge in [-0.25, -0.2) is 4.39 Å². The lowest BCUT2D eigenvalue weighted by Crippen LogP contribution is -2.13. The largest absolute Gasteiger partial charge is 0.339 e. The first-order valence-electron chi connectivity index (χ1n) is 6.84. The zero-order chi connectivity index (χ0) is 15.4. The van der Waals surface area contributed by atoms with E-state index >= 15 is 0 Å². The Labute approximate surface area is 122 Å². The molecule has 1 aromatic carbocycles. The summed E-state index contributed by atoms with van der Waals surface area (Å²) in [5, 5.41) is 6.58. The minimum atomic E-state index is -0.322. The predicted molar refractivity (Wildman–Crippen MR) is 76.5 cm³/mol. The predicted octanol–water partition coefficient (Wildman–Crippen LogP) is 3.21. The van der Waals surface area contributed by atoms with Gasteiger partial charge in [0, 0.05) is 24.4 Å². The van der Waals surface area contributed by atoms with E-state index in [4.69, 9.17) is 4.52 Å². The van der Waals surface area contributed by atoms with Crippen LogP contribution in [0.25, 0.3) is 0 Å². The van der Waals surface area contributed by atoms with Gasteiger partial charge in [0.2, 0.25) is 11.8 Å². The Bertz CT molecular complexity index is 638. The maximum Gasteiger partial charge on any atom is 0.227 e. The molecule has 0 saturated carbocycles. The summed E-state index contributed by atoms with van der Waals surface area (Å²) in [7, 11) is 0. The highest BCUT2D eigenvalue weighted by Gasteiger charge is 2.12. The summed E-state index contributed by atoms with van der Waals surface area (Å²) in [5.74, 6) is 0.786. The van der Waals surface area contributed by atoms with Crippen LogP contribution in [0.1, 0.15) is 43.5 Å². The standard InChI is InChI=1S/C15H18FN3O2/c1-9(2)15-18-14(21-19-15)7-6-13(20)17-12-5-4-11(16)8-10(12)3/h4-5,8-9H,6-7H2,1-3H3,(H,17,20). The molecule has 2 rings (SSSR count). The van der Waals surface area contributed by atoms with Gasteiger partial charge in [-0.2, -0.15) is 4.98 Å². The van der Waals surface area contributed by atoms with Gasteiger partial charge in [-0.1, -0.05) is 19.0 Å². The first-order chi connectivity index (χ1) is 9.95. The topological polar surface area (TPSA) is 68.0 Å². The molecule has 0 aliphatic heterocycles. The van der Waals surface area contributed by atoms with Crippen LogP contribution in [-0.4, -0.2) is 16.0 Å². The zero-order valence-electron chi connectivity index (χ0n) is 12.3. The molecule has 0 spiro atoms. The van der Waals surface area contributed by atoms with Gasteiger partial charge in [0.25, 0.3) is 0 Å². The van der Waals surface area contributed by atoms with Crippen LogP contribution >= 0.6 is 0 Å². The maximum atomic E-state index is 13.0. The number of nitrogens with zero attached hydrogens (tertiary/aromatic N) is 2. The van der Waals surface area contributed by atoms with Crippen LogP contribution in [0.4, 0.5) is 10.1 Å². The van der Waals surface area contributed by atoms with E-state index in [2.05, 4.69) is 15.5 Å². The number of anilines is 1. The number of rotatable bonds is 5. The molecule has 112 valence electrons. The summed E-state index contributed by atoms with van der Waals surface area (Å²) in [6.07, 6.45) is 0.613. The van der Waals surface area contributed by atoms with Gasteiger partial charge in [-0.05, 0) is 30.7 Å². The van der Waals surface area contributed by atoms with Crippen molar-refractivity contribution in [3.8, 4) is 0 Å². The number of benzene rings is 1. The fourth-order valence-corrected chi connectivity index (χ4v) is 1.80. The number of hydrogen-bond donors (Lipinski definition) is 1. The van der Waals surface area contributed by atoms with Crippen molar-refractivity contribution in [1.29, 1.82) is 0 Å². The normalized spacial score (nSPS) is 10.9. The molecule has 0 fully saturated rings. The van der Waals surface area contributed by atoms with E-state index < -0.39 is 0 Å². The van der Waals surface area contributed by atoms with Crippen molar-refractivity contribution >= 4 is 11.6 Å². The fraction of sp³-hybridized carbons (Fsp3) is 0.400. The number of amides is 1. The number of nitrogens with one attached hydrogen (secondary N) is 1. The number of aryl methyl sites for hydroxylation is 2. The third kappa shape index (κ3) is 4.11. The summed E-state index contributed by atoms with van der Waals surface area (Å²) >= 11 is 0. The average molecular weight is 291 g/mol. The molecule has 0 aliphatic rings. The minimum absolute atomic E-state index is 0.172. The molecule has 21 heavy (non-hydrogen) atoms. The number of hydrogen-bond acceptors (Lipinski definition) is 4. The molecular weight excluding hydrogens is 273 g/mol. The van der Waals surface area contributed by atoms with Crippen LogP contribution in [0.15, 0.2) is 22.7 Å². The van der Waals surface area contributed by atoms with Gasteiger partial charge in [0.05, 0.1) is 0 Å². The fourth-order valence-electron chi connectivity index (χ4n) is 1.80. The number of carbonyl (C=O) groups excluding carboxylic acids is 1. The molecular formula is C15H18FN3O2. The van der Waals surface area contributed by atoms with Crippen molar-refractivity contribution in [2.24, 2.45) is 0 Å². The Morgan fingerprint density at radius 1 is 1.43 bits per heavy atom. The Balaban J connectivity index is 1.89. The Hall–Kier alpha value is -2.24. The maximum absolute atomic E-state index is 13.0. The van der Waals surface area contributed by atoms with Crippen molar-refractivity contribution < 1.29 is 13.7 Å². The van der Waals surface area contributed by atoms with E-state index in [1.807, 2.05) is 13.8 Å². The van der Waals surface area contributed by atoms with E-state index in [1.165, 1.54) is 12.1 Å². The highest BCUT2D eigenvalue weighted by atomic mass is 19.1. The molecule has 0 aliphatic carbocycles. The van der Waals surface area contributed by atoms with E-state index in [1.54, 1.807) is 13.0 Å². The lowest BCUT2D eigenvalue weighted by Gasteiger charge is -2.07. The minimum Gasteiger partial charge on any atom is -0.339 e. The Morgan fingerprint density at radius 3 is 2.81 bits per heavy atom. The van der Waals surface area contributed by atoms with E-state index in [0.29, 0.717) is 29.4 Å². The quantitative estimate of drug-likeness (QED) is 0.918. The Kier molecular flexibility index (Phi) is 4.67. The van der Waals surface area contributed by atoms with Crippen molar-refractivity contribution in [2.75, 3.05) is 5.32 Å². The Morgan fingerprint density at radius 2 is 2.19 bits per heavy atom. The third-order valence-electron chi connectivity index (χ3n) is 3.03. The van der Waals surface area contributed by atoms with Crippen LogP contribution in [0, 0.1) is 12.7 Å². The van der Waals surface area contributed by atoms with Crippen molar-refractivity contribution in [3.63, 3.8) is 0 Å². The molecule has 1 aromatic heterocycles. The van der Waals surface area contributed by atoms with Crippen LogP contribution in [0.3, 0.4) is 0 Å². The molecule has 0 bridgehead atoms. The summed E-state index contributed by atoms with van der Waals surface area (Å²) < 4.78 is 18.1. The molecule has 1 N–H and O–H groups in total. The van der Waals surface area contributed by atoms with E-state index in [-0.39, 0.29) is 24.1 Å². The van der Waals surface area contributed by atoms with Gasteiger partial charge in [-0.15, -0.1) is 0 Å². The second kappa shape index (κ2) is 6.47. The molecule has 1 amide bonds. The SMILES string of the molecule is Cc1cc(F)ccc1NC(=O)CCc1nc(C(C)C)no1. The van der Waals surface area contributed by atoms with Gasteiger partial charge in [0.1, 0.15) is 5.82 Å². The first-order valence-corrected chi connectivity index (χ1v) is 6.84. The number of halogens is 1. The van der Waals surface area contributed by atoms with Crippen LogP contribution in [0.5, 0.6) is 0 Å². The second-order valence-electron chi connectivity index (χ2n) is 5.21. The summed E-state index contributed by atoms with van der Waals surface area (Å²) in [4.78, 5) is 16.1. The monoisotopic (exact) mass is 291 g/mol. The molecule has 0 atom stereocenters. The van der Waals surface area contributed by atoms with Gasteiger partial charge >= 0.3 is 0 Å². The first kappa shape index (κ1) is 15.2. The summed E-state index contributed by atoms with van der Waals surface area (Å²) in [5.41, 5.74) is 1.29. The van der Waals surface area contributed by atoms with Crippen molar-refractivity contribution in [1.82, 2.24) is 10.1 Å². The van der Waals surface area contributed by atoms with Crippen LogP contribution in [0.2, 0.25) is 0 Å². The van der Waals surface area contributed by atoms with Gasteiger partial charge < -0.3 is 9.84 Å². The van der Waals surface area contributed by atoms with E-state index in [9.17, 15) is 9.18 Å². The molecule has 1 heterocycles. The summed E-state index contributed by atoms with van der Waals surface area (Å²) in [6, 6.07) is 4.24. The molecule has 2 aromatic rings. The lowest BCUT2D eigenvalue weighted by atomic mass is 10.2. The highest BCUT2D eigenvalue weighted by Crippen LogP contribution is 2.16. The smallest absolute Gasteiger partial charge is 0.227 e. The van der Waals surface area contributed by atoms with Gasteiger partial charge in [-0.3, -0.25) is 4.79 Å². The molecule has 6 heteroatoms. The van der Waals surface area contributed by atoms with Crippen LogP contribution < -0.4 is 5.32 Å². The molecule has 0 saturated heterocycles.